The van der Waals surface area contributed by atoms with E-state index in [1.807, 2.05) is 17.4 Å². The largest absolute Gasteiger partial charge is 0.355 e. The van der Waals surface area contributed by atoms with Crippen molar-refractivity contribution in [3.8, 4) is 27.9 Å². The van der Waals surface area contributed by atoms with Crippen LogP contribution < -0.4 is 5.32 Å². The summed E-state index contributed by atoms with van der Waals surface area (Å²) < 4.78 is 5.06. The molecule has 9 rings (SSSR count). The zero-order valence-corrected chi connectivity index (χ0v) is 25.3. The zero-order valence-electron chi connectivity index (χ0n) is 24.4. The fraction of sp³-hybridized carbons (Fsp3) is 0. The minimum atomic E-state index is 1.08. The number of fused-ring (bicyclic) bond motifs is 6. The van der Waals surface area contributed by atoms with Crippen LogP contribution in [0, 0.1) is 0 Å². The first-order valence-electron chi connectivity index (χ1n) is 15.3. The molecule has 2 aromatic heterocycles. The summed E-state index contributed by atoms with van der Waals surface area (Å²) in [5, 5.41) is 8.81. The molecule has 0 saturated carbocycles. The highest BCUT2D eigenvalue weighted by atomic mass is 32.1. The van der Waals surface area contributed by atoms with Gasteiger partial charge in [0.25, 0.3) is 0 Å². The second-order valence-corrected chi connectivity index (χ2v) is 12.6. The van der Waals surface area contributed by atoms with E-state index in [9.17, 15) is 0 Å². The summed E-state index contributed by atoms with van der Waals surface area (Å²) in [5.74, 6) is 0. The Morgan fingerprint density at radius 2 is 1.13 bits per heavy atom. The first-order chi connectivity index (χ1) is 22.3. The number of hydrogen-bond acceptors (Lipinski definition) is 2. The van der Waals surface area contributed by atoms with Crippen molar-refractivity contribution in [3.63, 3.8) is 0 Å². The molecule has 0 atom stereocenters. The lowest BCUT2D eigenvalue weighted by molar-refractivity contribution is 1.18. The number of aromatic nitrogens is 1. The van der Waals surface area contributed by atoms with Crippen molar-refractivity contribution >= 4 is 64.7 Å². The van der Waals surface area contributed by atoms with E-state index < -0.39 is 0 Å². The van der Waals surface area contributed by atoms with Crippen LogP contribution in [-0.4, -0.2) is 4.57 Å². The third-order valence-corrected chi connectivity index (χ3v) is 9.90. The number of rotatable bonds is 5. The van der Waals surface area contributed by atoms with Crippen LogP contribution in [0.15, 0.2) is 164 Å². The minimum Gasteiger partial charge on any atom is -0.355 e. The van der Waals surface area contributed by atoms with E-state index in [0.29, 0.717) is 0 Å². The maximum Gasteiger partial charge on any atom is 0.0555 e. The number of nitrogens with one attached hydrogen (secondary N) is 1. The first kappa shape index (κ1) is 25.8. The summed E-state index contributed by atoms with van der Waals surface area (Å²) in [5.41, 5.74) is 10.6. The van der Waals surface area contributed by atoms with Gasteiger partial charge in [-0.05, 0) is 83.4 Å². The summed E-state index contributed by atoms with van der Waals surface area (Å²) >= 11 is 1.87. The van der Waals surface area contributed by atoms with Crippen LogP contribution >= 0.6 is 11.3 Å². The molecule has 0 unspecified atom stereocenters. The van der Waals surface area contributed by atoms with Crippen LogP contribution in [0.3, 0.4) is 0 Å². The van der Waals surface area contributed by atoms with Gasteiger partial charge in [0.1, 0.15) is 0 Å². The molecule has 0 spiro atoms. The van der Waals surface area contributed by atoms with Crippen LogP contribution in [0.25, 0.3) is 69.9 Å². The first-order valence-corrected chi connectivity index (χ1v) is 16.1. The van der Waals surface area contributed by atoms with Crippen molar-refractivity contribution < 1.29 is 0 Å². The topological polar surface area (TPSA) is 17.0 Å². The lowest BCUT2D eigenvalue weighted by Crippen LogP contribution is -1.93. The molecule has 212 valence electrons. The van der Waals surface area contributed by atoms with Crippen LogP contribution in [-0.2, 0) is 0 Å². The predicted molar refractivity (Wildman–Crippen MR) is 194 cm³/mol. The molecule has 0 aliphatic rings. The summed E-state index contributed by atoms with van der Waals surface area (Å²) in [4.78, 5) is 0. The second kappa shape index (κ2) is 10.5. The fourth-order valence-corrected chi connectivity index (χ4v) is 7.78. The molecule has 2 nitrogen and oxygen atoms in total. The Kier molecular flexibility index (Phi) is 6.03. The van der Waals surface area contributed by atoms with E-state index >= 15 is 0 Å². The van der Waals surface area contributed by atoms with E-state index in [2.05, 4.69) is 168 Å². The van der Waals surface area contributed by atoms with Crippen molar-refractivity contribution in [1.82, 2.24) is 4.57 Å². The zero-order chi connectivity index (χ0) is 29.7. The smallest absolute Gasteiger partial charge is 0.0555 e. The quantitative estimate of drug-likeness (QED) is 0.210. The van der Waals surface area contributed by atoms with Gasteiger partial charge in [0.2, 0.25) is 0 Å². The van der Waals surface area contributed by atoms with E-state index in [1.54, 1.807) is 0 Å². The molecule has 0 saturated heterocycles. The van der Waals surface area contributed by atoms with Crippen molar-refractivity contribution in [3.05, 3.63) is 164 Å². The Balaban J connectivity index is 1.22. The lowest BCUT2D eigenvalue weighted by atomic mass is 9.97. The highest BCUT2D eigenvalue weighted by Crippen LogP contribution is 2.42. The van der Waals surface area contributed by atoms with Crippen LogP contribution in [0.1, 0.15) is 0 Å². The molecule has 45 heavy (non-hydrogen) atoms. The summed E-state index contributed by atoms with van der Waals surface area (Å²) in [6.45, 7) is 0. The monoisotopic (exact) mass is 592 g/mol. The van der Waals surface area contributed by atoms with Crippen LogP contribution in [0.5, 0.6) is 0 Å². The third-order valence-electron chi connectivity index (χ3n) is 8.76. The Morgan fingerprint density at radius 3 is 2.02 bits per heavy atom. The lowest BCUT2D eigenvalue weighted by Gasteiger charge is -2.13. The molecule has 9 aromatic rings. The van der Waals surface area contributed by atoms with E-state index in [0.717, 1.165) is 11.4 Å². The standard InChI is InChI=1S/C42H28N2S/c1-3-14-31(15-4-1)43-38-20-9-7-18-33(38)30-13-11-12-28(24-30)29-22-23-39-35(25-29)36-26-37-34-19-8-10-21-41(34)45-42(37)27-40(36)44(39)32-16-5-2-6-17-32/h1-27,43H. The molecule has 0 aliphatic heterocycles. The van der Waals surface area contributed by atoms with Gasteiger partial charge in [-0.15, -0.1) is 11.3 Å². The molecule has 3 heteroatoms. The number of thiophene rings is 1. The molecule has 0 bridgehead atoms. The number of benzene rings is 7. The van der Waals surface area contributed by atoms with Crippen LogP contribution in [0.4, 0.5) is 11.4 Å². The normalized spacial score (nSPS) is 11.6. The van der Waals surface area contributed by atoms with Gasteiger partial charge in [0.15, 0.2) is 0 Å². The Hall–Kier alpha value is -5.64. The highest BCUT2D eigenvalue weighted by Gasteiger charge is 2.17. The van der Waals surface area contributed by atoms with Crippen LogP contribution in [0.2, 0.25) is 0 Å². The fourth-order valence-electron chi connectivity index (χ4n) is 6.66. The van der Waals surface area contributed by atoms with Gasteiger partial charge in [-0.2, -0.15) is 0 Å². The molecule has 1 N–H and O–H groups in total. The molecule has 0 radical (unpaired) electrons. The van der Waals surface area contributed by atoms with Gasteiger partial charge in [-0.1, -0.05) is 97.1 Å². The third kappa shape index (κ3) is 4.40. The number of nitrogens with zero attached hydrogens (tertiary/aromatic N) is 1. The van der Waals surface area contributed by atoms with Crippen molar-refractivity contribution in [2.45, 2.75) is 0 Å². The number of anilines is 2. The average molecular weight is 593 g/mol. The molecule has 2 heterocycles. The molecule has 0 amide bonds. The molecular formula is C42H28N2S. The minimum absolute atomic E-state index is 1.08. The molecule has 7 aromatic carbocycles. The van der Waals surface area contributed by atoms with Gasteiger partial charge in [-0.3, -0.25) is 0 Å². The average Bonchev–Trinajstić information content (AvgIpc) is 3.62. The summed E-state index contributed by atoms with van der Waals surface area (Å²) in [6, 6.07) is 59.0. The number of hydrogen-bond donors (Lipinski definition) is 1. The molecular weight excluding hydrogens is 565 g/mol. The van der Waals surface area contributed by atoms with Gasteiger partial charge in [0, 0.05) is 53.6 Å². The maximum absolute atomic E-state index is 3.62. The summed E-state index contributed by atoms with van der Waals surface area (Å²) in [6.07, 6.45) is 0. The molecule has 0 aliphatic carbocycles. The summed E-state index contributed by atoms with van der Waals surface area (Å²) in [7, 11) is 0. The van der Waals surface area contributed by atoms with Crippen molar-refractivity contribution in [2.24, 2.45) is 0 Å². The van der Waals surface area contributed by atoms with Crippen molar-refractivity contribution in [1.29, 1.82) is 0 Å². The highest BCUT2D eigenvalue weighted by molar-refractivity contribution is 7.25. The van der Waals surface area contributed by atoms with E-state index in [-0.39, 0.29) is 0 Å². The SMILES string of the molecule is c1ccc(Nc2ccccc2-c2cccc(-c3ccc4c(c3)c3cc5c(cc3n4-c3ccccc3)sc3ccccc35)c2)cc1. The Bertz CT molecular complexity index is 2510. The van der Waals surface area contributed by atoms with Crippen molar-refractivity contribution in [2.75, 3.05) is 5.32 Å². The van der Waals surface area contributed by atoms with Gasteiger partial charge in [-0.25, -0.2) is 0 Å². The van der Waals surface area contributed by atoms with E-state index in [4.69, 9.17) is 0 Å². The number of para-hydroxylation sites is 3. The Labute approximate surface area is 265 Å². The maximum atomic E-state index is 3.62. The van der Waals surface area contributed by atoms with Gasteiger partial charge in [0.05, 0.1) is 11.0 Å². The second-order valence-electron chi connectivity index (χ2n) is 11.5. The predicted octanol–water partition coefficient (Wildman–Crippen LogP) is 12.2. The van der Waals surface area contributed by atoms with Gasteiger partial charge >= 0.3 is 0 Å². The Morgan fingerprint density at radius 1 is 0.422 bits per heavy atom. The molecule has 0 fully saturated rings. The van der Waals surface area contributed by atoms with Gasteiger partial charge < -0.3 is 9.88 Å². The van der Waals surface area contributed by atoms with E-state index in [1.165, 1.54) is 69.9 Å².